The van der Waals surface area contributed by atoms with Crippen LogP contribution in [0.1, 0.15) is 42.4 Å². The van der Waals surface area contributed by atoms with Gasteiger partial charge in [0.05, 0.1) is 6.42 Å². The highest BCUT2D eigenvalue weighted by molar-refractivity contribution is 6.18. The Kier molecular flexibility index (Phi) is 5.09. The molecule has 2 nitrogen and oxygen atoms in total. The molecule has 3 heteroatoms. The van der Waals surface area contributed by atoms with Crippen LogP contribution in [0.25, 0.3) is 0 Å². The second-order valence-electron chi connectivity index (χ2n) is 6.21. The first-order valence-corrected chi connectivity index (χ1v) is 7.97. The molecule has 1 aromatic carbocycles. The quantitative estimate of drug-likeness (QED) is 0.823. The van der Waals surface area contributed by atoms with Crippen LogP contribution in [0.4, 0.5) is 0 Å². The fraction of sp³-hybridized carbons (Fsp3) is 0.588. The van der Waals surface area contributed by atoms with E-state index in [9.17, 15) is 4.79 Å². The Labute approximate surface area is 126 Å². The molecule has 0 radical (unpaired) electrons. The maximum absolute atomic E-state index is 12.1. The predicted molar refractivity (Wildman–Crippen MR) is 84.3 cm³/mol. The standard InChI is InChI=1S/C17H24ClNO/c1-13-5-6-15(9-14(13)2)10-16(20)19-12-17(11-18)7-3-4-8-17/h5-6,9H,3-4,7-8,10-12H2,1-2H3,(H,19,20). The lowest BCUT2D eigenvalue weighted by atomic mass is 9.88. The number of alkyl halides is 1. The number of hydrogen-bond donors (Lipinski definition) is 1. The van der Waals surface area contributed by atoms with Crippen molar-refractivity contribution < 1.29 is 4.79 Å². The molecule has 2 rings (SSSR count). The van der Waals surface area contributed by atoms with Gasteiger partial charge in [0.1, 0.15) is 0 Å². The van der Waals surface area contributed by atoms with Crippen molar-refractivity contribution in [2.45, 2.75) is 46.0 Å². The van der Waals surface area contributed by atoms with E-state index in [1.807, 2.05) is 6.07 Å². The van der Waals surface area contributed by atoms with Crippen LogP contribution in [0.15, 0.2) is 18.2 Å². The zero-order chi connectivity index (χ0) is 14.6. The lowest BCUT2D eigenvalue weighted by molar-refractivity contribution is -0.120. The van der Waals surface area contributed by atoms with Crippen LogP contribution < -0.4 is 5.32 Å². The third-order valence-electron chi connectivity index (χ3n) is 4.54. The molecular weight excluding hydrogens is 270 g/mol. The molecule has 20 heavy (non-hydrogen) atoms. The molecule has 1 saturated carbocycles. The van der Waals surface area contributed by atoms with E-state index >= 15 is 0 Å². The summed E-state index contributed by atoms with van der Waals surface area (Å²) < 4.78 is 0. The highest BCUT2D eigenvalue weighted by Gasteiger charge is 2.33. The summed E-state index contributed by atoms with van der Waals surface area (Å²) in [6, 6.07) is 6.21. The zero-order valence-corrected chi connectivity index (χ0v) is 13.2. The van der Waals surface area contributed by atoms with Crippen molar-refractivity contribution in [2.24, 2.45) is 5.41 Å². The Morgan fingerprint density at radius 3 is 2.55 bits per heavy atom. The van der Waals surface area contributed by atoms with Crippen molar-refractivity contribution in [3.63, 3.8) is 0 Å². The first-order chi connectivity index (χ1) is 9.54. The Morgan fingerprint density at radius 1 is 1.25 bits per heavy atom. The maximum Gasteiger partial charge on any atom is 0.224 e. The van der Waals surface area contributed by atoms with Crippen LogP contribution in [-0.4, -0.2) is 18.3 Å². The topological polar surface area (TPSA) is 29.1 Å². The van der Waals surface area contributed by atoms with Gasteiger partial charge in [-0.1, -0.05) is 31.0 Å². The average molecular weight is 294 g/mol. The summed E-state index contributed by atoms with van der Waals surface area (Å²) in [5, 5.41) is 3.08. The Balaban J connectivity index is 1.87. The molecule has 0 spiro atoms. The van der Waals surface area contributed by atoms with Crippen LogP contribution in [0.5, 0.6) is 0 Å². The minimum absolute atomic E-state index is 0.102. The molecule has 0 atom stereocenters. The van der Waals surface area contributed by atoms with Gasteiger partial charge in [-0.25, -0.2) is 0 Å². The van der Waals surface area contributed by atoms with Crippen LogP contribution >= 0.6 is 11.6 Å². The number of benzene rings is 1. The molecule has 1 aromatic rings. The van der Waals surface area contributed by atoms with E-state index in [2.05, 4.69) is 31.3 Å². The average Bonchev–Trinajstić information content (AvgIpc) is 2.90. The Bertz CT molecular complexity index is 478. The molecule has 1 aliphatic carbocycles. The molecule has 110 valence electrons. The minimum atomic E-state index is 0.102. The van der Waals surface area contributed by atoms with Crippen molar-refractivity contribution in [1.82, 2.24) is 5.32 Å². The van der Waals surface area contributed by atoms with Gasteiger partial charge in [0, 0.05) is 17.8 Å². The Morgan fingerprint density at radius 2 is 1.95 bits per heavy atom. The number of carbonyl (C=O) groups is 1. The number of amides is 1. The summed E-state index contributed by atoms with van der Waals surface area (Å²) in [5.74, 6) is 0.751. The van der Waals surface area contributed by atoms with E-state index in [1.165, 1.54) is 24.0 Å². The third-order valence-corrected chi connectivity index (χ3v) is 5.11. The first kappa shape index (κ1) is 15.4. The number of rotatable bonds is 5. The molecule has 1 amide bonds. The molecular formula is C17H24ClNO. The van der Waals surface area contributed by atoms with Gasteiger partial charge in [-0.2, -0.15) is 0 Å². The number of hydrogen-bond acceptors (Lipinski definition) is 1. The van der Waals surface area contributed by atoms with E-state index < -0.39 is 0 Å². The van der Waals surface area contributed by atoms with Crippen molar-refractivity contribution in [3.8, 4) is 0 Å². The van der Waals surface area contributed by atoms with Gasteiger partial charge in [-0.05, 0) is 43.4 Å². The summed E-state index contributed by atoms with van der Waals surface area (Å²) in [6.45, 7) is 4.89. The second-order valence-corrected chi connectivity index (χ2v) is 6.48. The molecule has 1 fully saturated rings. The van der Waals surface area contributed by atoms with Crippen LogP contribution in [0.2, 0.25) is 0 Å². The van der Waals surface area contributed by atoms with Crippen molar-refractivity contribution in [2.75, 3.05) is 12.4 Å². The predicted octanol–water partition coefficient (Wildman–Crippen LogP) is 3.76. The van der Waals surface area contributed by atoms with Crippen molar-refractivity contribution in [1.29, 1.82) is 0 Å². The summed E-state index contributed by atoms with van der Waals surface area (Å²) in [7, 11) is 0. The number of carbonyl (C=O) groups excluding carboxylic acids is 1. The molecule has 0 bridgehead atoms. The fourth-order valence-electron chi connectivity index (χ4n) is 2.93. The molecule has 0 aliphatic heterocycles. The summed E-state index contributed by atoms with van der Waals surface area (Å²) in [4.78, 5) is 12.1. The van der Waals surface area contributed by atoms with Crippen LogP contribution in [-0.2, 0) is 11.2 Å². The van der Waals surface area contributed by atoms with Gasteiger partial charge in [0.2, 0.25) is 5.91 Å². The third kappa shape index (κ3) is 3.76. The summed E-state index contributed by atoms with van der Waals surface area (Å²) >= 11 is 6.10. The molecule has 0 saturated heterocycles. The summed E-state index contributed by atoms with van der Waals surface area (Å²) in [5.41, 5.74) is 3.72. The minimum Gasteiger partial charge on any atom is -0.355 e. The smallest absolute Gasteiger partial charge is 0.224 e. The number of aryl methyl sites for hydroxylation is 2. The van der Waals surface area contributed by atoms with E-state index in [-0.39, 0.29) is 11.3 Å². The largest absolute Gasteiger partial charge is 0.355 e. The van der Waals surface area contributed by atoms with Gasteiger partial charge in [-0.15, -0.1) is 11.6 Å². The number of nitrogens with one attached hydrogen (secondary N) is 1. The van der Waals surface area contributed by atoms with E-state index in [1.54, 1.807) is 0 Å². The van der Waals surface area contributed by atoms with Gasteiger partial charge in [-0.3, -0.25) is 4.79 Å². The molecule has 0 heterocycles. The van der Waals surface area contributed by atoms with Gasteiger partial charge in [0.15, 0.2) is 0 Å². The van der Waals surface area contributed by atoms with E-state index in [0.29, 0.717) is 12.3 Å². The maximum atomic E-state index is 12.1. The molecule has 1 N–H and O–H groups in total. The van der Waals surface area contributed by atoms with Gasteiger partial charge >= 0.3 is 0 Å². The van der Waals surface area contributed by atoms with Crippen molar-refractivity contribution in [3.05, 3.63) is 34.9 Å². The molecule has 0 unspecified atom stereocenters. The van der Waals surface area contributed by atoms with Crippen LogP contribution in [0.3, 0.4) is 0 Å². The number of halogens is 1. The van der Waals surface area contributed by atoms with E-state index in [4.69, 9.17) is 11.6 Å². The second kappa shape index (κ2) is 6.62. The fourth-order valence-corrected chi connectivity index (χ4v) is 3.29. The summed E-state index contributed by atoms with van der Waals surface area (Å²) in [6.07, 6.45) is 5.21. The van der Waals surface area contributed by atoms with Crippen LogP contribution in [0, 0.1) is 19.3 Å². The lowest BCUT2D eigenvalue weighted by Gasteiger charge is -2.26. The monoisotopic (exact) mass is 293 g/mol. The first-order valence-electron chi connectivity index (χ1n) is 7.43. The van der Waals surface area contributed by atoms with Gasteiger partial charge < -0.3 is 5.32 Å². The SMILES string of the molecule is Cc1ccc(CC(=O)NCC2(CCl)CCCC2)cc1C. The molecule has 1 aliphatic rings. The molecule has 0 aromatic heterocycles. The van der Waals surface area contributed by atoms with E-state index in [0.717, 1.165) is 24.9 Å². The zero-order valence-electron chi connectivity index (χ0n) is 12.5. The Hall–Kier alpha value is -1.02. The van der Waals surface area contributed by atoms with Crippen molar-refractivity contribution >= 4 is 17.5 Å². The van der Waals surface area contributed by atoms with Gasteiger partial charge in [0.25, 0.3) is 0 Å². The highest BCUT2D eigenvalue weighted by atomic mass is 35.5. The lowest BCUT2D eigenvalue weighted by Crippen LogP contribution is -2.37. The highest BCUT2D eigenvalue weighted by Crippen LogP contribution is 2.38. The normalized spacial score (nSPS) is 17.1.